The van der Waals surface area contributed by atoms with E-state index in [9.17, 15) is 4.79 Å². The van der Waals surface area contributed by atoms with Crippen molar-refractivity contribution >= 4 is 11.6 Å². The smallest absolute Gasteiger partial charge is 0.278 e. The van der Waals surface area contributed by atoms with Gasteiger partial charge < -0.3 is 10.1 Å². The Bertz CT molecular complexity index is 871. The van der Waals surface area contributed by atoms with E-state index in [2.05, 4.69) is 20.3 Å². The monoisotopic (exact) mass is 337 g/mol. The number of imidazole rings is 1. The van der Waals surface area contributed by atoms with Crippen LogP contribution in [0.3, 0.4) is 0 Å². The average molecular weight is 337 g/mol. The number of aromatic nitrogens is 4. The quantitative estimate of drug-likeness (QED) is 0.774. The molecule has 0 atom stereocenters. The summed E-state index contributed by atoms with van der Waals surface area (Å²) in [7, 11) is 0. The maximum Gasteiger partial charge on any atom is 0.278 e. The molecule has 3 aromatic rings. The summed E-state index contributed by atoms with van der Waals surface area (Å²) in [4.78, 5) is 25.1. The van der Waals surface area contributed by atoms with Gasteiger partial charge in [-0.2, -0.15) is 0 Å². The largest absolute Gasteiger partial charge is 0.489 e. The first-order chi connectivity index (χ1) is 12.0. The van der Waals surface area contributed by atoms with Crippen LogP contribution in [0.25, 0.3) is 5.82 Å². The van der Waals surface area contributed by atoms with Crippen LogP contribution in [0.15, 0.2) is 49.1 Å². The Morgan fingerprint density at radius 3 is 2.64 bits per heavy atom. The van der Waals surface area contributed by atoms with Crippen LogP contribution in [0.1, 0.15) is 30.2 Å². The van der Waals surface area contributed by atoms with E-state index in [1.807, 2.05) is 37.6 Å². The number of hydrogen-bond acceptors (Lipinski definition) is 5. The summed E-state index contributed by atoms with van der Waals surface area (Å²) < 4.78 is 7.50. The zero-order chi connectivity index (χ0) is 17.8. The third-order valence-corrected chi connectivity index (χ3v) is 3.43. The Labute approximate surface area is 145 Å². The van der Waals surface area contributed by atoms with Crippen LogP contribution in [0, 0.1) is 6.92 Å². The molecule has 3 heterocycles. The number of amides is 1. The van der Waals surface area contributed by atoms with E-state index in [4.69, 9.17) is 4.74 Å². The Morgan fingerprint density at radius 2 is 2.00 bits per heavy atom. The third kappa shape index (κ3) is 3.82. The average Bonchev–Trinajstić information content (AvgIpc) is 3.01. The lowest BCUT2D eigenvalue weighted by molar-refractivity contribution is 0.101. The number of rotatable bonds is 5. The van der Waals surface area contributed by atoms with Gasteiger partial charge in [-0.05, 0) is 45.0 Å². The highest BCUT2D eigenvalue weighted by Gasteiger charge is 2.15. The fourth-order valence-electron chi connectivity index (χ4n) is 2.32. The van der Waals surface area contributed by atoms with Crippen LogP contribution in [0.4, 0.5) is 5.69 Å². The van der Waals surface area contributed by atoms with E-state index in [1.54, 1.807) is 36.8 Å². The molecular formula is C18H19N5O2. The van der Waals surface area contributed by atoms with Gasteiger partial charge >= 0.3 is 0 Å². The molecular weight excluding hydrogens is 318 g/mol. The fraction of sp³-hybridized carbons (Fsp3) is 0.222. The number of ether oxygens (including phenoxy) is 1. The third-order valence-electron chi connectivity index (χ3n) is 3.43. The van der Waals surface area contributed by atoms with Gasteiger partial charge in [0.2, 0.25) is 0 Å². The molecule has 3 aromatic heterocycles. The van der Waals surface area contributed by atoms with Gasteiger partial charge in [-0.25, -0.2) is 15.0 Å². The number of carbonyl (C=O) groups excluding carboxylic acids is 1. The van der Waals surface area contributed by atoms with Crippen LogP contribution in [-0.2, 0) is 0 Å². The second-order valence-electron chi connectivity index (χ2n) is 5.72. The normalized spacial score (nSPS) is 10.7. The van der Waals surface area contributed by atoms with Crippen molar-refractivity contribution in [1.82, 2.24) is 19.5 Å². The van der Waals surface area contributed by atoms with E-state index in [1.165, 1.54) is 0 Å². The van der Waals surface area contributed by atoms with Crippen molar-refractivity contribution in [3.8, 4) is 11.6 Å². The second kappa shape index (κ2) is 7.12. The molecule has 25 heavy (non-hydrogen) atoms. The molecule has 0 aliphatic carbocycles. The number of carbonyl (C=O) groups is 1. The van der Waals surface area contributed by atoms with Crippen molar-refractivity contribution < 1.29 is 9.53 Å². The summed E-state index contributed by atoms with van der Waals surface area (Å²) in [5, 5.41) is 2.79. The molecule has 0 aromatic carbocycles. The first-order valence-electron chi connectivity index (χ1n) is 7.94. The number of aryl methyl sites for hydroxylation is 1. The predicted octanol–water partition coefficient (Wildman–Crippen LogP) is 3.01. The van der Waals surface area contributed by atoms with Crippen LogP contribution in [0.2, 0.25) is 0 Å². The molecule has 7 nitrogen and oxygen atoms in total. The van der Waals surface area contributed by atoms with Gasteiger partial charge in [0, 0.05) is 18.6 Å². The molecule has 0 aliphatic rings. The Balaban J connectivity index is 1.77. The Kier molecular flexibility index (Phi) is 4.74. The van der Waals surface area contributed by atoms with Crippen molar-refractivity contribution in [2.24, 2.45) is 0 Å². The number of pyridine rings is 2. The summed E-state index contributed by atoms with van der Waals surface area (Å²) in [6.45, 7) is 5.69. The molecule has 0 saturated heterocycles. The van der Waals surface area contributed by atoms with Gasteiger partial charge in [0.25, 0.3) is 5.91 Å². The molecule has 0 spiro atoms. The van der Waals surface area contributed by atoms with Crippen LogP contribution >= 0.6 is 0 Å². The molecule has 0 saturated carbocycles. The van der Waals surface area contributed by atoms with Gasteiger partial charge in [-0.1, -0.05) is 0 Å². The predicted molar refractivity (Wildman–Crippen MR) is 94.1 cm³/mol. The summed E-state index contributed by atoms with van der Waals surface area (Å²) in [6.07, 6.45) is 6.66. The molecule has 7 heteroatoms. The Hall–Kier alpha value is -3.22. The lowest BCUT2D eigenvalue weighted by Gasteiger charge is -2.13. The molecule has 0 bridgehead atoms. The maximum atomic E-state index is 12.5. The lowest BCUT2D eigenvalue weighted by Crippen LogP contribution is -2.17. The summed E-state index contributed by atoms with van der Waals surface area (Å²) in [5.74, 6) is 1.68. The fourth-order valence-corrected chi connectivity index (χ4v) is 2.32. The van der Waals surface area contributed by atoms with Gasteiger partial charge in [0.1, 0.15) is 11.6 Å². The van der Waals surface area contributed by atoms with Crippen molar-refractivity contribution in [1.29, 1.82) is 0 Å². The van der Waals surface area contributed by atoms with Crippen LogP contribution < -0.4 is 10.1 Å². The Morgan fingerprint density at radius 1 is 1.16 bits per heavy atom. The molecule has 0 aliphatic heterocycles. The highest BCUT2D eigenvalue weighted by Crippen LogP contribution is 2.19. The minimum atomic E-state index is -0.343. The highest BCUT2D eigenvalue weighted by atomic mass is 16.5. The van der Waals surface area contributed by atoms with Crippen molar-refractivity contribution in [2.45, 2.75) is 26.9 Å². The van der Waals surface area contributed by atoms with Gasteiger partial charge in [0.15, 0.2) is 11.4 Å². The SMILES string of the molecule is Cc1nccn1-c1ccc(NC(=O)c2ncccc2OC(C)C)cn1. The van der Waals surface area contributed by atoms with Crippen molar-refractivity contribution in [3.05, 3.63) is 60.6 Å². The van der Waals surface area contributed by atoms with E-state index >= 15 is 0 Å². The number of nitrogens with one attached hydrogen (secondary N) is 1. The lowest BCUT2D eigenvalue weighted by atomic mass is 10.3. The van der Waals surface area contributed by atoms with Crippen molar-refractivity contribution in [3.63, 3.8) is 0 Å². The standard InChI is InChI=1S/C18H19N5O2/c1-12(2)25-15-5-4-8-20-17(15)18(24)22-14-6-7-16(21-11-14)23-10-9-19-13(23)3/h4-12H,1-3H3,(H,22,24). The summed E-state index contributed by atoms with van der Waals surface area (Å²) in [6, 6.07) is 7.06. The first kappa shape index (κ1) is 16.6. The summed E-state index contributed by atoms with van der Waals surface area (Å²) in [5.41, 5.74) is 0.818. The zero-order valence-corrected chi connectivity index (χ0v) is 14.3. The second-order valence-corrected chi connectivity index (χ2v) is 5.72. The zero-order valence-electron chi connectivity index (χ0n) is 14.3. The number of hydrogen-bond donors (Lipinski definition) is 1. The van der Waals surface area contributed by atoms with Crippen molar-refractivity contribution in [2.75, 3.05) is 5.32 Å². The molecule has 0 fully saturated rings. The minimum Gasteiger partial charge on any atom is -0.489 e. The summed E-state index contributed by atoms with van der Waals surface area (Å²) >= 11 is 0. The minimum absolute atomic E-state index is 0.0462. The molecule has 0 unspecified atom stereocenters. The molecule has 128 valence electrons. The number of nitrogens with zero attached hydrogens (tertiary/aromatic N) is 4. The number of anilines is 1. The van der Waals surface area contributed by atoms with Gasteiger partial charge in [0.05, 0.1) is 18.0 Å². The molecule has 3 rings (SSSR count). The maximum absolute atomic E-state index is 12.5. The van der Waals surface area contributed by atoms with E-state index in [-0.39, 0.29) is 17.7 Å². The van der Waals surface area contributed by atoms with Crippen LogP contribution in [-0.4, -0.2) is 31.5 Å². The topological polar surface area (TPSA) is 81.9 Å². The highest BCUT2D eigenvalue weighted by molar-refractivity contribution is 6.04. The van der Waals surface area contributed by atoms with Crippen LogP contribution in [0.5, 0.6) is 5.75 Å². The van der Waals surface area contributed by atoms with Gasteiger partial charge in [-0.15, -0.1) is 0 Å². The van der Waals surface area contributed by atoms with E-state index < -0.39 is 0 Å². The molecule has 0 radical (unpaired) electrons. The molecule has 1 amide bonds. The van der Waals surface area contributed by atoms with E-state index in [0.717, 1.165) is 11.6 Å². The van der Waals surface area contributed by atoms with Gasteiger partial charge in [-0.3, -0.25) is 9.36 Å². The first-order valence-corrected chi connectivity index (χ1v) is 7.94. The molecule has 1 N–H and O–H groups in total. The van der Waals surface area contributed by atoms with E-state index in [0.29, 0.717) is 11.4 Å².